The summed E-state index contributed by atoms with van der Waals surface area (Å²) in [5.74, 6) is -0.360. The fourth-order valence-corrected chi connectivity index (χ4v) is 0.795. The third-order valence-corrected chi connectivity index (χ3v) is 1.37. The number of hydrogen-bond donors (Lipinski definition) is 2. The van der Waals surface area contributed by atoms with Crippen molar-refractivity contribution in [2.24, 2.45) is 0 Å². The molecule has 3 nitrogen and oxygen atoms in total. The van der Waals surface area contributed by atoms with Crippen molar-refractivity contribution in [3.8, 4) is 11.5 Å². The Kier molecular flexibility index (Phi) is 2.48. The van der Waals surface area contributed by atoms with Gasteiger partial charge >= 0.3 is 0 Å². The highest BCUT2D eigenvalue weighted by atomic mass is 16.3. The Morgan fingerprint density at radius 3 is 2.50 bits per heavy atom. The second-order valence-corrected chi connectivity index (χ2v) is 2.24. The molecule has 0 saturated carbocycles. The highest BCUT2D eigenvalue weighted by molar-refractivity contribution is 5.74. The van der Waals surface area contributed by atoms with E-state index in [4.69, 9.17) is 10.2 Å². The number of aromatic hydroxyl groups is 2. The van der Waals surface area contributed by atoms with Gasteiger partial charge < -0.3 is 10.2 Å². The number of phenols is 2. The van der Waals surface area contributed by atoms with Gasteiger partial charge in [0.05, 0.1) is 0 Å². The summed E-state index contributed by atoms with van der Waals surface area (Å²) in [5, 5.41) is 18.0. The minimum atomic E-state index is -0.192. The molecule has 0 fully saturated rings. The lowest BCUT2D eigenvalue weighted by Crippen LogP contribution is -1.73. The Bertz CT molecular complexity index is 316. The van der Waals surface area contributed by atoms with E-state index in [1.54, 1.807) is 6.07 Å². The van der Waals surface area contributed by atoms with Crippen molar-refractivity contribution in [1.29, 1.82) is 0 Å². The third-order valence-electron chi connectivity index (χ3n) is 1.37. The summed E-state index contributed by atoms with van der Waals surface area (Å²) in [6.07, 6.45) is 3.49. The van der Waals surface area contributed by atoms with Crippen LogP contribution in [0, 0.1) is 0 Å². The van der Waals surface area contributed by atoms with Crippen LogP contribution in [0.4, 0.5) is 0 Å². The molecule has 3 heteroatoms. The van der Waals surface area contributed by atoms with E-state index < -0.39 is 0 Å². The molecule has 0 aromatic heterocycles. The Labute approximate surface area is 69.6 Å². The molecule has 1 aromatic carbocycles. The fraction of sp³-hybridized carbons (Fsp3) is 0. The van der Waals surface area contributed by atoms with Gasteiger partial charge in [-0.15, -0.1) is 0 Å². The molecular weight excluding hydrogens is 156 g/mol. The van der Waals surface area contributed by atoms with Crippen molar-refractivity contribution >= 4 is 12.4 Å². The van der Waals surface area contributed by atoms with Gasteiger partial charge in [-0.2, -0.15) is 0 Å². The van der Waals surface area contributed by atoms with E-state index in [0.717, 1.165) is 0 Å². The molecule has 62 valence electrons. The molecule has 0 aliphatic carbocycles. The van der Waals surface area contributed by atoms with Gasteiger partial charge in [0.2, 0.25) is 0 Å². The van der Waals surface area contributed by atoms with Gasteiger partial charge in [-0.3, -0.25) is 4.79 Å². The van der Waals surface area contributed by atoms with Gasteiger partial charge in [-0.1, -0.05) is 12.1 Å². The normalized spacial score (nSPS) is 10.3. The van der Waals surface area contributed by atoms with Crippen molar-refractivity contribution in [1.82, 2.24) is 0 Å². The molecule has 0 aliphatic heterocycles. The van der Waals surface area contributed by atoms with Crippen molar-refractivity contribution in [3.63, 3.8) is 0 Å². The highest BCUT2D eigenvalue weighted by Crippen LogP contribution is 2.25. The molecule has 1 aromatic rings. The Morgan fingerprint density at radius 2 is 1.92 bits per heavy atom. The molecule has 0 amide bonds. The maximum atomic E-state index is 9.93. The van der Waals surface area contributed by atoms with E-state index >= 15 is 0 Å². The second kappa shape index (κ2) is 3.57. The van der Waals surface area contributed by atoms with Crippen LogP contribution in [-0.4, -0.2) is 16.5 Å². The highest BCUT2D eigenvalue weighted by Gasteiger charge is 1.96. The predicted molar refractivity (Wildman–Crippen MR) is 44.9 cm³/mol. The average Bonchev–Trinajstić information content (AvgIpc) is 2.07. The van der Waals surface area contributed by atoms with Crippen LogP contribution in [0.2, 0.25) is 0 Å². The van der Waals surface area contributed by atoms with Gasteiger partial charge in [0.1, 0.15) is 6.29 Å². The molecule has 12 heavy (non-hydrogen) atoms. The molecule has 0 aliphatic rings. The van der Waals surface area contributed by atoms with Gasteiger partial charge in [0, 0.05) is 0 Å². The van der Waals surface area contributed by atoms with E-state index in [9.17, 15) is 4.79 Å². The smallest absolute Gasteiger partial charge is 0.157 e. The standard InChI is InChI=1S/C9H8O3/c10-5-1-2-7-3-4-8(11)9(12)6-7/h1-6,11-12H/b2-1-. The lowest BCUT2D eigenvalue weighted by atomic mass is 10.2. The van der Waals surface area contributed by atoms with Gasteiger partial charge in [0.25, 0.3) is 0 Å². The maximum absolute atomic E-state index is 9.93. The Hall–Kier alpha value is -1.77. The number of allylic oxidation sites excluding steroid dienone is 1. The van der Waals surface area contributed by atoms with E-state index in [-0.39, 0.29) is 11.5 Å². The molecular formula is C9H8O3. The van der Waals surface area contributed by atoms with Crippen LogP contribution in [0.15, 0.2) is 24.3 Å². The SMILES string of the molecule is O=C/C=C\c1ccc(O)c(O)c1. The average molecular weight is 164 g/mol. The summed E-state index contributed by atoms with van der Waals surface area (Å²) in [5.41, 5.74) is 0.664. The van der Waals surface area contributed by atoms with Crippen molar-refractivity contribution in [3.05, 3.63) is 29.8 Å². The van der Waals surface area contributed by atoms with Crippen LogP contribution in [0.1, 0.15) is 5.56 Å². The second-order valence-electron chi connectivity index (χ2n) is 2.24. The number of benzene rings is 1. The van der Waals surface area contributed by atoms with E-state index in [2.05, 4.69) is 0 Å². The summed E-state index contributed by atoms with van der Waals surface area (Å²) in [7, 11) is 0. The Balaban J connectivity index is 2.96. The minimum absolute atomic E-state index is 0.168. The van der Waals surface area contributed by atoms with Gasteiger partial charge in [-0.25, -0.2) is 0 Å². The topological polar surface area (TPSA) is 57.5 Å². The number of rotatable bonds is 2. The van der Waals surface area contributed by atoms with Crippen molar-refractivity contribution < 1.29 is 15.0 Å². The van der Waals surface area contributed by atoms with Crippen LogP contribution in [0.5, 0.6) is 11.5 Å². The van der Waals surface area contributed by atoms with Gasteiger partial charge in [-0.05, 0) is 23.8 Å². The molecule has 0 heterocycles. The van der Waals surface area contributed by atoms with E-state index in [1.165, 1.54) is 24.3 Å². The minimum Gasteiger partial charge on any atom is -0.504 e. The van der Waals surface area contributed by atoms with Crippen LogP contribution >= 0.6 is 0 Å². The lowest BCUT2D eigenvalue weighted by Gasteiger charge is -1.97. The number of phenolic OH excluding ortho intramolecular Hbond substituents is 2. The largest absolute Gasteiger partial charge is 0.504 e. The molecule has 0 saturated heterocycles. The first-order valence-corrected chi connectivity index (χ1v) is 3.38. The fourth-order valence-electron chi connectivity index (χ4n) is 0.795. The summed E-state index contributed by atoms with van der Waals surface area (Å²) in [6, 6.07) is 4.32. The molecule has 0 spiro atoms. The molecule has 0 radical (unpaired) electrons. The predicted octanol–water partition coefficient (Wildman–Crippen LogP) is 1.31. The molecule has 1 rings (SSSR count). The zero-order chi connectivity index (χ0) is 8.97. The van der Waals surface area contributed by atoms with E-state index in [0.29, 0.717) is 11.8 Å². The monoisotopic (exact) mass is 164 g/mol. The van der Waals surface area contributed by atoms with Crippen molar-refractivity contribution in [2.75, 3.05) is 0 Å². The summed E-state index contributed by atoms with van der Waals surface area (Å²) >= 11 is 0. The summed E-state index contributed by atoms with van der Waals surface area (Å²) < 4.78 is 0. The van der Waals surface area contributed by atoms with Crippen molar-refractivity contribution in [2.45, 2.75) is 0 Å². The quantitative estimate of drug-likeness (QED) is 0.393. The third kappa shape index (κ3) is 1.85. The number of carbonyl (C=O) groups excluding carboxylic acids is 1. The molecule has 0 unspecified atom stereocenters. The molecule has 2 N–H and O–H groups in total. The number of hydrogen-bond acceptors (Lipinski definition) is 3. The molecule has 0 bridgehead atoms. The first-order valence-electron chi connectivity index (χ1n) is 3.38. The lowest BCUT2D eigenvalue weighted by molar-refractivity contribution is -0.104. The van der Waals surface area contributed by atoms with Crippen LogP contribution in [0.25, 0.3) is 6.08 Å². The zero-order valence-electron chi connectivity index (χ0n) is 6.27. The summed E-state index contributed by atoms with van der Waals surface area (Å²) in [6.45, 7) is 0. The summed E-state index contributed by atoms with van der Waals surface area (Å²) in [4.78, 5) is 9.93. The first kappa shape index (κ1) is 8.33. The molecule has 0 atom stereocenters. The first-order chi connectivity index (χ1) is 5.74. The van der Waals surface area contributed by atoms with Crippen LogP contribution in [0.3, 0.4) is 0 Å². The van der Waals surface area contributed by atoms with Crippen LogP contribution < -0.4 is 0 Å². The number of carbonyl (C=O) groups is 1. The van der Waals surface area contributed by atoms with E-state index in [1.807, 2.05) is 0 Å². The van der Waals surface area contributed by atoms with Gasteiger partial charge in [0.15, 0.2) is 11.5 Å². The maximum Gasteiger partial charge on any atom is 0.157 e. The van der Waals surface area contributed by atoms with Crippen LogP contribution in [-0.2, 0) is 4.79 Å². The number of aldehydes is 1. The zero-order valence-corrected chi connectivity index (χ0v) is 6.27. The Morgan fingerprint density at radius 1 is 1.17 bits per heavy atom.